The van der Waals surface area contributed by atoms with Crippen molar-refractivity contribution in [2.24, 2.45) is 15.8 Å². The van der Waals surface area contributed by atoms with Gasteiger partial charge in [-0.3, -0.25) is 9.79 Å². The first-order valence-corrected chi connectivity index (χ1v) is 9.50. The van der Waals surface area contributed by atoms with Crippen molar-refractivity contribution in [2.45, 2.75) is 0 Å². The number of carbonyl (C=O) groups excluding carboxylic acids is 1. The molecule has 1 amide bonds. The Morgan fingerprint density at radius 1 is 1.31 bits per heavy atom. The van der Waals surface area contributed by atoms with Crippen molar-refractivity contribution in [3.63, 3.8) is 0 Å². The van der Waals surface area contributed by atoms with Crippen LogP contribution in [0.2, 0.25) is 0 Å². The summed E-state index contributed by atoms with van der Waals surface area (Å²) in [5.41, 5.74) is 7.36. The van der Waals surface area contributed by atoms with Gasteiger partial charge in [-0.25, -0.2) is 9.07 Å². The first kappa shape index (κ1) is 20.4. The summed E-state index contributed by atoms with van der Waals surface area (Å²) in [6, 6.07) is 10.5. The molecule has 1 heterocycles. The fourth-order valence-corrected chi connectivity index (χ4v) is 3.38. The number of hydrogen-bond donors (Lipinski definition) is 2. The Hall–Kier alpha value is -3.30. The number of thiazole rings is 1. The zero-order valence-electron chi connectivity index (χ0n) is 15.6. The molecule has 9 heteroatoms. The van der Waals surface area contributed by atoms with Crippen molar-refractivity contribution >= 4 is 23.5 Å². The number of halogens is 1. The summed E-state index contributed by atoms with van der Waals surface area (Å²) in [6.45, 7) is 0.907. The molecule has 0 spiro atoms. The number of amides is 1. The number of nitrogens with two attached hydrogens (primary N) is 1. The highest BCUT2D eigenvalue weighted by Crippen LogP contribution is 2.26. The summed E-state index contributed by atoms with van der Waals surface area (Å²) < 4.78 is 19.8. The van der Waals surface area contributed by atoms with Crippen molar-refractivity contribution < 1.29 is 19.0 Å². The van der Waals surface area contributed by atoms with Gasteiger partial charge in [0.15, 0.2) is 0 Å². The molecule has 29 heavy (non-hydrogen) atoms. The average Bonchev–Trinajstić information content (AvgIpc) is 3.10. The van der Waals surface area contributed by atoms with Crippen LogP contribution in [0.3, 0.4) is 0 Å². The monoisotopic (exact) mass is 414 g/mol. The van der Waals surface area contributed by atoms with E-state index in [0.717, 1.165) is 0 Å². The van der Waals surface area contributed by atoms with Crippen molar-refractivity contribution in [2.75, 3.05) is 20.3 Å². The first-order chi connectivity index (χ1) is 14.0. The Balaban J connectivity index is 2.08. The number of nitrogens with zero attached hydrogens (tertiary/aromatic N) is 3. The van der Waals surface area contributed by atoms with Gasteiger partial charge in [0.05, 0.1) is 30.6 Å². The Labute approximate surface area is 170 Å². The molecule has 3 aromatic rings. The molecule has 0 aliphatic rings. The maximum Gasteiger partial charge on any atom is 0.252 e. The number of aromatic hydroxyl groups is 1. The van der Waals surface area contributed by atoms with Gasteiger partial charge in [0.1, 0.15) is 11.6 Å². The molecule has 2 aromatic carbocycles. The highest BCUT2D eigenvalue weighted by molar-refractivity contribution is 7.07. The quantitative estimate of drug-likeness (QED) is 0.459. The van der Waals surface area contributed by atoms with Gasteiger partial charge in [0.2, 0.25) is 4.80 Å². The summed E-state index contributed by atoms with van der Waals surface area (Å²) in [5.74, 6) is -1.25. The zero-order chi connectivity index (χ0) is 20.8. The Morgan fingerprint density at radius 3 is 2.76 bits per heavy atom. The standard InChI is InChI=1S/C20H19FN4O3S/c1-28-9-8-23-20-25(24-11-13-2-5-15(21)6-3-13)17(12-29-20)14-4-7-18(26)16(10-14)19(22)27/h2-7,10-12,26H,8-9H2,1H3,(H2,22,27)/b23-20?,24-11-. The van der Waals surface area contributed by atoms with Crippen LogP contribution >= 0.6 is 11.3 Å². The van der Waals surface area contributed by atoms with Gasteiger partial charge in [0.25, 0.3) is 5.91 Å². The molecule has 0 bridgehead atoms. The normalized spacial score (nSPS) is 12.0. The SMILES string of the molecule is COCCN=c1scc(-c2ccc(O)c(C(N)=O)c2)n1/N=C\c1ccc(F)cc1. The average molecular weight is 414 g/mol. The molecule has 0 saturated heterocycles. The van der Waals surface area contributed by atoms with Crippen LogP contribution in [0.15, 0.2) is 57.9 Å². The number of primary amides is 1. The van der Waals surface area contributed by atoms with E-state index >= 15 is 0 Å². The van der Waals surface area contributed by atoms with E-state index in [1.807, 2.05) is 5.38 Å². The molecule has 3 rings (SSSR count). The second kappa shape index (κ2) is 9.26. The topological polar surface area (TPSA) is 102 Å². The predicted molar refractivity (Wildman–Crippen MR) is 110 cm³/mol. The van der Waals surface area contributed by atoms with E-state index < -0.39 is 5.91 Å². The van der Waals surface area contributed by atoms with E-state index in [-0.39, 0.29) is 17.1 Å². The number of hydrogen-bond acceptors (Lipinski definition) is 6. The van der Waals surface area contributed by atoms with Crippen LogP contribution in [0.5, 0.6) is 5.75 Å². The van der Waals surface area contributed by atoms with E-state index in [0.29, 0.717) is 34.8 Å². The molecule has 0 radical (unpaired) electrons. The lowest BCUT2D eigenvalue weighted by molar-refractivity contribution is 0.0998. The first-order valence-electron chi connectivity index (χ1n) is 8.62. The van der Waals surface area contributed by atoms with Crippen LogP contribution in [0.25, 0.3) is 11.3 Å². The number of ether oxygens (including phenoxy) is 1. The van der Waals surface area contributed by atoms with Gasteiger partial charge in [-0.05, 0) is 35.9 Å². The summed E-state index contributed by atoms with van der Waals surface area (Å²) in [6.07, 6.45) is 1.58. The molecule has 7 nitrogen and oxygen atoms in total. The molecule has 150 valence electrons. The highest BCUT2D eigenvalue weighted by atomic mass is 32.1. The van der Waals surface area contributed by atoms with Gasteiger partial charge >= 0.3 is 0 Å². The minimum atomic E-state index is -0.731. The van der Waals surface area contributed by atoms with Crippen LogP contribution in [-0.4, -0.2) is 42.2 Å². The van der Waals surface area contributed by atoms with E-state index in [1.54, 1.807) is 36.2 Å². The predicted octanol–water partition coefficient (Wildman–Crippen LogP) is 2.59. The second-order valence-electron chi connectivity index (χ2n) is 5.98. The number of carbonyl (C=O) groups is 1. The van der Waals surface area contributed by atoms with Gasteiger partial charge in [0, 0.05) is 18.1 Å². The lowest BCUT2D eigenvalue weighted by Crippen LogP contribution is -2.14. The second-order valence-corrected chi connectivity index (χ2v) is 6.82. The number of rotatable bonds is 7. The van der Waals surface area contributed by atoms with Gasteiger partial charge in [-0.15, -0.1) is 11.3 Å². The summed E-state index contributed by atoms with van der Waals surface area (Å²) in [7, 11) is 1.60. The largest absolute Gasteiger partial charge is 0.507 e. The zero-order valence-corrected chi connectivity index (χ0v) is 16.4. The smallest absolute Gasteiger partial charge is 0.252 e. The Morgan fingerprint density at radius 2 is 2.07 bits per heavy atom. The number of methoxy groups -OCH3 is 1. The van der Waals surface area contributed by atoms with Crippen molar-refractivity contribution in [1.29, 1.82) is 0 Å². The van der Waals surface area contributed by atoms with Crippen LogP contribution in [0.4, 0.5) is 4.39 Å². The Kier molecular flexibility index (Phi) is 6.53. The minimum Gasteiger partial charge on any atom is -0.507 e. The van der Waals surface area contributed by atoms with Gasteiger partial charge < -0.3 is 15.6 Å². The van der Waals surface area contributed by atoms with Crippen molar-refractivity contribution in [3.8, 4) is 17.0 Å². The fraction of sp³-hybridized carbons (Fsp3) is 0.150. The van der Waals surface area contributed by atoms with Crippen LogP contribution in [-0.2, 0) is 4.74 Å². The maximum absolute atomic E-state index is 13.1. The maximum atomic E-state index is 13.1. The molecular formula is C20H19FN4O3S. The molecule has 0 aliphatic heterocycles. The Bertz CT molecular complexity index is 1100. The molecule has 0 atom stereocenters. The summed E-state index contributed by atoms with van der Waals surface area (Å²) in [5, 5.41) is 16.2. The third-order valence-electron chi connectivity index (χ3n) is 3.98. The van der Waals surface area contributed by atoms with E-state index in [2.05, 4.69) is 10.1 Å². The third kappa shape index (κ3) is 4.95. The lowest BCUT2D eigenvalue weighted by atomic mass is 10.1. The van der Waals surface area contributed by atoms with Gasteiger partial charge in [-0.1, -0.05) is 12.1 Å². The lowest BCUT2D eigenvalue weighted by Gasteiger charge is -2.06. The van der Waals surface area contributed by atoms with Crippen LogP contribution in [0, 0.1) is 5.82 Å². The number of aromatic nitrogens is 1. The van der Waals surface area contributed by atoms with Crippen molar-refractivity contribution in [3.05, 3.63) is 69.6 Å². The molecule has 3 N–H and O–H groups in total. The molecule has 0 aliphatic carbocycles. The fourth-order valence-electron chi connectivity index (χ4n) is 2.52. The third-order valence-corrected chi connectivity index (χ3v) is 4.83. The molecule has 0 saturated carbocycles. The summed E-state index contributed by atoms with van der Waals surface area (Å²) in [4.78, 5) is 16.7. The van der Waals surface area contributed by atoms with Gasteiger partial charge in [-0.2, -0.15) is 5.10 Å². The van der Waals surface area contributed by atoms with E-state index in [9.17, 15) is 14.3 Å². The van der Waals surface area contributed by atoms with E-state index in [1.165, 1.54) is 35.6 Å². The van der Waals surface area contributed by atoms with E-state index in [4.69, 9.17) is 10.5 Å². The minimum absolute atomic E-state index is 0.0145. The van der Waals surface area contributed by atoms with Crippen LogP contribution < -0.4 is 10.5 Å². The highest BCUT2D eigenvalue weighted by Gasteiger charge is 2.13. The summed E-state index contributed by atoms with van der Waals surface area (Å²) >= 11 is 1.37. The molecular weight excluding hydrogens is 395 g/mol. The molecule has 1 aromatic heterocycles. The number of benzene rings is 2. The van der Waals surface area contributed by atoms with Crippen LogP contribution in [0.1, 0.15) is 15.9 Å². The molecule has 0 fully saturated rings. The van der Waals surface area contributed by atoms with Crippen molar-refractivity contribution in [1.82, 2.24) is 4.68 Å². The number of phenols is 1. The molecule has 0 unspecified atom stereocenters.